The molecule has 0 bridgehead atoms. The number of aromatic hydroxyl groups is 2. The van der Waals surface area contributed by atoms with E-state index in [1.165, 1.54) is 14.2 Å². The van der Waals surface area contributed by atoms with Crippen LogP contribution in [0.4, 0.5) is 0 Å². The fraction of sp³-hybridized carbons (Fsp3) is 0.125. The zero-order valence-electron chi connectivity index (χ0n) is 11.2. The van der Waals surface area contributed by atoms with Crippen molar-refractivity contribution in [3.05, 3.63) is 47.5 Å². The Labute approximate surface area is 117 Å². The van der Waals surface area contributed by atoms with Gasteiger partial charge in [-0.2, -0.15) is 0 Å². The zero-order valence-corrected chi connectivity index (χ0v) is 11.2. The molecule has 102 valence electrons. The van der Waals surface area contributed by atoms with Gasteiger partial charge in [-0.3, -0.25) is 0 Å². The molecule has 0 spiro atoms. The second-order valence-electron chi connectivity index (χ2n) is 4.03. The summed E-state index contributed by atoms with van der Waals surface area (Å²) in [4.78, 5) is 0. The Hall–Kier alpha value is -2.80. The number of hydrogen-bond donors (Lipinski definition) is 2. The average molecular weight is 270 g/mol. The molecule has 0 radical (unpaired) electrons. The van der Waals surface area contributed by atoms with Crippen molar-refractivity contribution in [2.75, 3.05) is 14.2 Å². The van der Waals surface area contributed by atoms with Gasteiger partial charge in [-0.05, 0) is 30.3 Å². The highest BCUT2D eigenvalue weighted by Crippen LogP contribution is 2.36. The SMILES string of the molecule is COc1cc(C#Cc2cccc(O)c2)cc(OC)c1O. The van der Waals surface area contributed by atoms with E-state index in [1.807, 2.05) is 0 Å². The number of methoxy groups -OCH3 is 2. The molecule has 0 atom stereocenters. The molecule has 0 saturated heterocycles. The van der Waals surface area contributed by atoms with Gasteiger partial charge in [0, 0.05) is 11.1 Å². The standard InChI is InChI=1S/C16H14O4/c1-19-14-9-12(10-15(20-2)16(14)18)7-6-11-4-3-5-13(17)8-11/h3-5,8-10,17-18H,1-2H3. The van der Waals surface area contributed by atoms with Gasteiger partial charge in [-0.1, -0.05) is 17.9 Å². The molecular weight excluding hydrogens is 256 g/mol. The normalized spacial score (nSPS) is 9.50. The van der Waals surface area contributed by atoms with Crippen LogP contribution >= 0.6 is 0 Å². The lowest BCUT2D eigenvalue weighted by Gasteiger charge is -2.08. The summed E-state index contributed by atoms with van der Waals surface area (Å²) in [5, 5.41) is 19.2. The van der Waals surface area contributed by atoms with Crippen molar-refractivity contribution >= 4 is 0 Å². The van der Waals surface area contributed by atoms with E-state index in [4.69, 9.17) is 9.47 Å². The maximum atomic E-state index is 9.80. The number of phenols is 2. The molecule has 0 aliphatic carbocycles. The highest BCUT2D eigenvalue weighted by Gasteiger charge is 2.09. The van der Waals surface area contributed by atoms with Crippen molar-refractivity contribution < 1.29 is 19.7 Å². The Balaban J connectivity index is 2.40. The third-order valence-electron chi connectivity index (χ3n) is 2.68. The first-order valence-corrected chi connectivity index (χ1v) is 5.90. The first-order chi connectivity index (χ1) is 9.63. The van der Waals surface area contributed by atoms with Gasteiger partial charge in [0.25, 0.3) is 0 Å². The summed E-state index contributed by atoms with van der Waals surface area (Å²) >= 11 is 0. The van der Waals surface area contributed by atoms with E-state index in [9.17, 15) is 10.2 Å². The predicted octanol–water partition coefficient (Wildman–Crippen LogP) is 2.51. The number of benzene rings is 2. The van der Waals surface area contributed by atoms with Crippen molar-refractivity contribution in [1.29, 1.82) is 0 Å². The van der Waals surface area contributed by atoms with Crippen molar-refractivity contribution in [1.82, 2.24) is 0 Å². The van der Waals surface area contributed by atoms with Crippen LogP contribution in [0.5, 0.6) is 23.0 Å². The molecule has 0 aliphatic heterocycles. The van der Waals surface area contributed by atoms with Gasteiger partial charge in [-0.15, -0.1) is 0 Å². The van der Waals surface area contributed by atoms with E-state index < -0.39 is 0 Å². The number of hydrogen-bond acceptors (Lipinski definition) is 4. The lowest BCUT2D eigenvalue weighted by atomic mass is 10.1. The van der Waals surface area contributed by atoms with E-state index in [0.29, 0.717) is 22.6 Å². The number of phenolic OH excluding ortho intramolecular Hbond substituents is 2. The molecule has 0 unspecified atom stereocenters. The maximum absolute atomic E-state index is 9.80. The van der Waals surface area contributed by atoms with E-state index in [1.54, 1.807) is 36.4 Å². The first-order valence-electron chi connectivity index (χ1n) is 5.90. The molecular formula is C16H14O4. The molecule has 2 N–H and O–H groups in total. The van der Waals surface area contributed by atoms with E-state index in [0.717, 1.165) is 0 Å². The van der Waals surface area contributed by atoms with Crippen LogP contribution in [-0.2, 0) is 0 Å². The molecule has 2 aromatic rings. The highest BCUT2D eigenvalue weighted by molar-refractivity contribution is 5.57. The fourth-order valence-corrected chi connectivity index (χ4v) is 1.69. The van der Waals surface area contributed by atoms with Crippen molar-refractivity contribution in [2.45, 2.75) is 0 Å². The second kappa shape index (κ2) is 5.89. The molecule has 0 saturated carbocycles. The minimum atomic E-state index is -0.0575. The van der Waals surface area contributed by atoms with Gasteiger partial charge in [0.15, 0.2) is 11.5 Å². The Bertz CT molecular complexity index is 655. The smallest absolute Gasteiger partial charge is 0.200 e. The monoisotopic (exact) mass is 270 g/mol. The average Bonchev–Trinajstić information content (AvgIpc) is 2.46. The third kappa shape index (κ3) is 2.96. The molecule has 2 aromatic carbocycles. The van der Waals surface area contributed by atoms with E-state index in [2.05, 4.69) is 11.8 Å². The second-order valence-corrected chi connectivity index (χ2v) is 4.03. The Kier molecular flexibility index (Phi) is 4.02. The van der Waals surface area contributed by atoms with Gasteiger partial charge in [0.05, 0.1) is 14.2 Å². The zero-order chi connectivity index (χ0) is 14.5. The summed E-state index contributed by atoms with van der Waals surface area (Å²) in [7, 11) is 2.92. The van der Waals surface area contributed by atoms with Crippen LogP contribution in [-0.4, -0.2) is 24.4 Å². The van der Waals surface area contributed by atoms with Crippen LogP contribution in [0.2, 0.25) is 0 Å². The largest absolute Gasteiger partial charge is 0.508 e. The summed E-state index contributed by atoms with van der Waals surface area (Å²) < 4.78 is 10.1. The quantitative estimate of drug-likeness (QED) is 0.823. The Morgan fingerprint density at radius 1 is 0.850 bits per heavy atom. The molecule has 2 rings (SSSR count). The Morgan fingerprint density at radius 2 is 1.45 bits per heavy atom. The molecule has 0 fully saturated rings. The number of rotatable bonds is 2. The van der Waals surface area contributed by atoms with Crippen LogP contribution in [0.25, 0.3) is 0 Å². The summed E-state index contributed by atoms with van der Waals surface area (Å²) in [5.41, 5.74) is 1.33. The highest BCUT2D eigenvalue weighted by atomic mass is 16.5. The summed E-state index contributed by atoms with van der Waals surface area (Å²) in [6.45, 7) is 0. The van der Waals surface area contributed by atoms with Crippen LogP contribution in [0.15, 0.2) is 36.4 Å². The summed E-state index contributed by atoms with van der Waals surface area (Å²) in [6, 6.07) is 9.90. The first kappa shape index (κ1) is 13.6. The van der Waals surface area contributed by atoms with Crippen molar-refractivity contribution in [2.24, 2.45) is 0 Å². The lowest BCUT2D eigenvalue weighted by Crippen LogP contribution is -1.90. The third-order valence-corrected chi connectivity index (χ3v) is 2.68. The van der Waals surface area contributed by atoms with Gasteiger partial charge >= 0.3 is 0 Å². The molecule has 4 heteroatoms. The van der Waals surface area contributed by atoms with Crippen molar-refractivity contribution in [3.8, 4) is 34.8 Å². The Morgan fingerprint density at radius 3 is 2.00 bits per heavy atom. The molecule has 0 heterocycles. The lowest BCUT2D eigenvalue weighted by molar-refractivity contribution is 0.339. The molecule has 0 amide bonds. The predicted molar refractivity (Wildman–Crippen MR) is 75.3 cm³/mol. The molecule has 0 aromatic heterocycles. The fourth-order valence-electron chi connectivity index (χ4n) is 1.69. The summed E-state index contributed by atoms with van der Waals surface area (Å²) in [6.07, 6.45) is 0. The van der Waals surface area contributed by atoms with Crippen LogP contribution < -0.4 is 9.47 Å². The van der Waals surface area contributed by atoms with Crippen LogP contribution in [0.3, 0.4) is 0 Å². The topological polar surface area (TPSA) is 58.9 Å². The van der Waals surface area contributed by atoms with Crippen molar-refractivity contribution in [3.63, 3.8) is 0 Å². The van der Waals surface area contributed by atoms with E-state index >= 15 is 0 Å². The molecule has 0 aliphatic rings. The van der Waals surface area contributed by atoms with Crippen LogP contribution in [0, 0.1) is 11.8 Å². The van der Waals surface area contributed by atoms with Crippen LogP contribution in [0.1, 0.15) is 11.1 Å². The molecule has 20 heavy (non-hydrogen) atoms. The van der Waals surface area contributed by atoms with Gasteiger partial charge in [0.2, 0.25) is 5.75 Å². The molecule has 4 nitrogen and oxygen atoms in total. The maximum Gasteiger partial charge on any atom is 0.200 e. The summed E-state index contributed by atoms with van der Waals surface area (Å²) in [5.74, 6) is 6.55. The number of ether oxygens (including phenoxy) is 2. The minimum Gasteiger partial charge on any atom is -0.508 e. The van der Waals surface area contributed by atoms with Gasteiger partial charge in [0.1, 0.15) is 5.75 Å². The van der Waals surface area contributed by atoms with Gasteiger partial charge < -0.3 is 19.7 Å². The van der Waals surface area contributed by atoms with E-state index in [-0.39, 0.29) is 11.5 Å². The minimum absolute atomic E-state index is 0.0575. The van der Waals surface area contributed by atoms with Gasteiger partial charge in [-0.25, -0.2) is 0 Å².